The van der Waals surface area contributed by atoms with Crippen LogP contribution in [0.5, 0.6) is 0 Å². The monoisotopic (exact) mass is 239 g/mol. The predicted octanol–water partition coefficient (Wildman–Crippen LogP) is 0.744. The van der Waals surface area contributed by atoms with E-state index in [0.29, 0.717) is 13.1 Å². The van der Waals surface area contributed by atoms with Crippen molar-refractivity contribution in [3.8, 4) is 0 Å². The smallest absolute Gasteiger partial charge is 0.356 e. The molecule has 6 nitrogen and oxygen atoms in total. The van der Waals surface area contributed by atoms with Crippen molar-refractivity contribution in [2.24, 2.45) is 5.92 Å². The van der Waals surface area contributed by atoms with Gasteiger partial charge in [-0.3, -0.25) is 9.48 Å². The van der Waals surface area contributed by atoms with E-state index >= 15 is 0 Å². The van der Waals surface area contributed by atoms with Crippen LogP contribution in [0.3, 0.4) is 0 Å². The second kappa shape index (κ2) is 6.03. The molecule has 1 rings (SSSR count). The van der Waals surface area contributed by atoms with Gasteiger partial charge in [-0.05, 0) is 12.5 Å². The van der Waals surface area contributed by atoms with Crippen molar-refractivity contribution < 1.29 is 14.7 Å². The highest BCUT2D eigenvalue weighted by molar-refractivity contribution is 5.85. The van der Waals surface area contributed by atoms with Crippen LogP contribution in [0.15, 0.2) is 12.3 Å². The van der Waals surface area contributed by atoms with Crippen molar-refractivity contribution in [2.45, 2.75) is 26.8 Å². The number of carbonyl (C=O) groups excluding carboxylic acids is 1. The molecule has 1 aromatic rings. The molecule has 0 saturated carbocycles. The number of hydrogen-bond donors (Lipinski definition) is 2. The Balaban J connectivity index is 2.35. The average molecular weight is 239 g/mol. The maximum atomic E-state index is 11.4. The maximum Gasteiger partial charge on any atom is 0.356 e. The molecule has 1 atom stereocenters. The summed E-state index contributed by atoms with van der Waals surface area (Å²) in [5.41, 5.74) is 0.0123. The molecule has 0 bridgehead atoms. The molecule has 0 aromatic carbocycles. The van der Waals surface area contributed by atoms with Gasteiger partial charge in [0.05, 0.1) is 6.54 Å². The second-order valence-electron chi connectivity index (χ2n) is 3.87. The number of aromatic carboxylic acids is 1. The van der Waals surface area contributed by atoms with Gasteiger partial charge in [-0.15, -0.1) is 0 Å². The minimum atomic E-state index is -1.05. The van der Waals surface area contributed by atoms with Crippen LogP contribution in [0.4, 0.5) is 0 Å². The Morgan fingerprint density at radius 2 is 2.29 bits per heavy atom. The summed E-state index contributed by atoms with van der Waals surface area (Å²) in [5.74, 6) is -1.03. The van der Waals surface area contributed by atoms with Gasteiger partial charge in [0.15, 0.2) is 5.69 Å². The summed E-state index contributed by atoms with van der Waals surface area (Å²) in [4.78, 5) is 22.0. The van der Waals surface area contributed by atoms with E-state index in [1.165, 1.54) is 10.7 Å². The summed E-state index contributed by atoms with van der Waals surface area (Å²) >= 11 is 0. The van der Waals surface area contributed by atoms with E-state index in [0.717, 1.165) is 6.42 Å². The summed E-state index contributed by atoms with van der Waals surface area (Å²) in [6.45, 7) is 4.74. The fraction of sp³-hybridized carbons (Fsp3) is 0.545. The summed E-state index contributed by atoms with van der Waals surface area (Å²) in [6.07, 6.45) is 2.38. The molecule has 0 aliphatic heterocycles. The number of hydrogen-bond acceptors (Lipinski definition) is 3. The molecule has 17 heavy (non-hydrogen) atoms. The molecule has 0 fully saturated rings. The molecule has 0 radical (unpaired) electrons. The van der Waals surface area contributed by atoms with E-state index in [1.807, 2.05) is 13.8 Å². The van der Waals surface area contributed by atoms with Gasteiger partial charge < -0.3 is 10.4 Å². The van der Waals surface area contributed by atoms with Crippen molar-refractivity contribution in [2.75, 3.05) is 6.54 Å². The van der Waals surface area contributed by atoms with E-state index in [2.05, 4.69) is 10.4 Å². The number of carboxylic acids is 1. The molecule has 0 saturated heterocycles. The van der Waals surface area contributed by atoms with E-state index < -0.39 is 5.97 Å². The molecular weight excluding hydrogens is 222 g/mol. The standard InChI is InChI=1S/C11H17N3O3/c1-3-8(2)10(15)12-5-7-14-6-4-9(13-14)11(16)17/h4,6,8H,3,5,7H2,1-2H3,(H,12,15)(H,16,17). The van der Waals surface area contributed by atoms with Gasteiger partial charge in [0, 0.05) is 18.7 Å². The Morgan fingerprint density at radius 1 is 1.59 bits per heavy atom. The highest BCUT2D eigenvalue weighted by Crippen LogP contribution is 1.99. The average Bonchev–Trinajstić information content (AvgIpc) is 2.76. The Kier molecular flexibility index (Phi) is 4.68. The molecule has 6 heteroatoms. The van der Waals surface area contributed by atoms with Crippen LogP contribution in [0.2, 0.25) is 0 Å². The number of amides is 1. The van der Waals surface area contributed by atoms with Gasteiger partial charge in [-0.25, -0.2) is 4.79 Å². The molecule has 2 N–H and O–H groups in total. The number of carboxylic acid groups (broad SMARTS) is 1. The number of rotatable bonds is 6. The molecule has 0 spiro atoms. The van der Waals surface area contributed by atoms with Crippen LogP contribution < -0.4 is 5.32 Å². The van der Waals surface area contributed by atoms with Crippen molar-refractivity contribution in [3.05, 3.63) is 18.0 Å². The highest BCUT2D eigenvalue weighted by Gasteiger charge is 2.10. The number of nitrogens with zero attached hydrogens (tertiary/aromatic N) is 2. The molecule has 0 aliphatic carbocycles. The van der Waals surface area contributed by atoms with Crippen molar-refractivity contribution in [1.29, 1.82) is 0 Å². The van der Waals surface area contributed by atoms with Gasteiger partial charge in [0.25, 0.3) is 0 Å². The topological polar surface area (TPSA) is 84.2 Å². The van der Waals surface area contributed by atoms with E-state index in [-0.39, 0.29) is 17.5 Å². The summed E-state index contributed by atoms with van der Waals surface area (Å²) in [7, 11) is 0. The summed E-state index contributed by atoms with van der Waals surface area (Å²) < 4.78 is 1.50. The third kappa shape index (κ3) is 3.90. The van der Waals surface area contributed by atoms with Gasteiger partial charge >= 0.3 is 5.97 Å². The lowest BCUT2D eigenvalue weighted by molar-refractivity contribution is -0.124. The van der Waals surface area contributed by atoms with Gasteiger partial charge in [0.2, 0.25) is 5.91 Å². The Labute approximate surface area is 99.6 Å². The number of nitrogens with one attached hydrogen (secondary N) is 1. The SMILES string of the molecule is CCC(C)C(=O)NCCn1ccc(C(=O)O)n1. The van der Waals surface area contributed by atoms with Crippen molar-refractivity contribution in [3.63, 3.8) is 0 Å². The van der Waals surface area contributed by atoms with E-state index in [9.17, 15) is 9.59 Å². The van der Waals surface area contributed by atoms with E-state index in [4.69, 9.17) is 5.11 Å². The van der Waals surface area contributed by atoms with Crippen LogP contribution >= 0.6 is 0 Å². The molecule has 0 aliphatic rings. The first-order chi connectivity index (χ1) is 8.04. The summed E-state index contributed by atoms with van der Waals surface area (Å²) in [6, 6.07) is 1.43. The Hall–Kier alpha value is -1.85. The molecule has 1 heterocycles. The first-order valence-corrected chi connectivity index (χ1v) is 5.59. The predicted molar refractivity (Wildman–Crippen MR) is 61.7 cm³/mol. The summed E-state index contributed by atoms with van der Waals surface area (Å²) in [5, 5.41) is 15.3. The fourth-order valence-electron chi connectivity index (χ4n) is 1.25. The lowest BCUT2D eigenvalue weighted by atomic mass is 10.1. The minimum Gasteiger partial charge on any atom is -0.476 e. The normalized spacial score (nSPS) is 12.1. The lowest BCUT2D eigenvalue weighted by Crippen LogP contribution is -2.31. The largest absolute Gasteiger partial charge is 0.476 e. The molecule has 94 valence electrons. The molecule has 1 unspecified atom stereocenters. The van der Waals surface area contributed by atoms with Crippen LogP contribution in [0.25, 0.3) is 0 Å². The number of carbonyl (C=O) groups is 2. The lowest BCUT2D eigenvalue weighted by Gasteiger charge is -2.09. The van der Waals surface area contributed by atoms with E-state index in [1.54, 1.807) is 6.20 Å². The Bertz CT molecular complexity index is 400. The third-order valence-electron chi connectivity index (χ3n) is 2.56. The fourth-order valence-corrected chi connectivity index (χ4v) is 1.25. The Morgan fingerprint density at radius 3 is 2.82 bits per heavy atom. The number of aromatic nitrogens is 2. The van der Waals surface area contributed by atoms with Gasteiger partial charge in [-0.1, -0.05) is 13.8 Å². The van der Waals surface area contributed by atoms with Crippen molar-refractivity contribution >= 4 is 11.9 Å². The first-order valence-electron chi connectivity index (χ1n) is 5.59. The van der Waals surface area contributed by atoms with Gasteiger partial charge in [-0.2, -0.15) is 5.10 Å². The molecule has 1 amide bonds. The first kappa shape index (κ1) is 13.2. The third-order valence-corrected chi connectivity index (χ3v) is 2.56. The minimum absolute atomic E-state index is 0.00204. The van der Waals surface area contributed by atoms with Crippen LogP contribution in [-0.2, 0) is 11.3 Å². The zero-order valence-corrected chi connectivity index (χ0v) is 10.0. The van der Waals surface area contributed by atoms with Gasteiger partial charge in [0.1, 0.15) is 0 Å². The van der Waals surface area contributed by atoms with Crippen LogP contribution in [-0.4, -0.2) is 33.3 Å². The molecular formula is C11H17N3O3. The second-order valence-corrected chi connectivity index (χ2v) is 3.87. The quantitative estimate of drug-likeness (QED) is 0.767. The maximum absolute atomic E-state index is 11.4. The van der Waals surface area contributed by atoms with Crippen LogP contribution in [0, 0.1) is 5.92 Å². The zero-order chi connectivity index (χ0) is 12.8. The van der Waals surface area contributed by atoms with Crippen molar-refractivity contribution in [1.82, 2.24) is 15.1 Å². The molecule has 1 aromatic heterocycles. The highest BCUT2D eigenvalue weighted by atomic mass is 16.4. The van der Waals surface area contributed by atoms with Crippen LogP contribution in [0.1, 0.15) is 30.8 Å². The zero-order valence-electron chi connectivity index (χ0n) is 10.0.